The third-order valence-electron chi connectivity index (χ3n) is 10.1. The number of nitrogens with zero attached hydrogens (tertiary/aromatic N) is 1. The van der Waals surface area contributed by atoms with Crippen molar-refractivity contribution in [2.75, 3.05) is 0 Å². The van der Waals surface area contributed by atoms with Gasteiger partial charge < -0.3 is 15.3 Å². The molecule has 6 aliphatic rings. The Bertz CT molecular complexity index is 1070. The minimum absolute atomic E-state index is 0.0159. The number of aliphatic hydroxyl groups is 1. The molecule has 5 aliphatic carbocycles. The van der Waals surface area contributed by atoms with Crippen molar-refractivity contribution in [3.05, 3.63) is 71.1 Å². The van der Waals surface area contributed by atoms with Crippen LogP contribution in [0, 0.1) is 29.1 Å². The van der Waals surface area contributed by atoms with Gasteiger partial charge in [0.2, 0.25) is 0 Å². The number of hydrogen-bond donors (Lipinski definition) is 2. The Morgan fingerprint density at radius 3 is 2.62 bits per heavy atom. The Morgan fingerprint density at radius 1 is 1.00 bits per heavy atom. The van der Waals surface area contributed by atoms with Gasteiger partial charge in [0, 0.05) is 5.92 Å². The van der Waals surface area contributed by atoms with Gasteiger partial charge in [0.05, 0.1) is 28.4 Å². The maximum atomic E-state index is 11.8. The van der Waals surface area contributed by atoms with Crippen LogP contribution in [0.15, 0.2) is 71.1 Å². The number of nitrogens with one attached hydrogen (secondary N) is 1. The smallest absolute Gasteiger partial charge is 0.124 e. The predicted molar refractivity (Wildman–Crippen MR) is 157 cm³/mol. The standard InChI is InChI=1S/C33H45BrN2O/c1-33(2,3)23-17-19-28(26(20-23)21-10-5-4-6-11-21)36-29-15-9-14-27(34)30(29)35-32(36)25-18-16-22-12-7-8-13-24(22)31(25)37/h5,9-11,15,17-19,22-24,26-28,31-32,35,37H,4,6-8,12-14,16,20H2,1-3H3. The van der Waals surface area contributed by atoms with Crippen LogP contribution in [0.25, 0.3) is 0 Å². The van der Waals surface area contributed by atoms with E-state index in [1.54, 1.807) is 0 Å². The molecule has 0 amide bonds. The molecule has 3 nitrogen and oxygen atoms in total. The largest absolute Gasteiger partial charge is 0.388 e. The highest BCUT2D eigenvalue weighted by Crippen LogP contribution is 2.48. The monoisotopic (exact) mass is 564 g/mol. The fraction of sp³-hybridized carbons (Fsp3) is 0.636. The molecule has 0 saturated heterocycles. The summed E-state index contributed by atoms with van der Waals surface area (Å²) in [6.07, 6.45) is 29.6. The zero-order valence-electron chi connectivity index (χ0n) is 22.9. The fourth-order valence-corrected chi connectivity index (χ4v) is 8.49. The molecule has 1 aliphatic heterocycles. The maximum Gasteiger partial charge on any atom is 0.124 e. The van der Waals surface area contributed by atoms with E-state index in [1.807, 2.05) is 0 Å². The second-order valence-electron chi connectivity index (χ2n) is 13.3. The van der Waals surface area contributed by atoms with Crippen LogP contribution in [0.5, 0.6) is 0 Å². The third kappa shape index (κ3) is 4.75. The van der Waals surface area contributed by atoms with Crippen molar-refractivity contribution in [3.63, 3.8) is 0 Å². The van der Waals surface area contributed by atoms with E-state index in [4.69, 9.17) is 0 Å². The van der Waals surface area contributed by atoms with E-state index in [0.29, 0.717) is 28.5 Å². The first-order valence-corrected chi connectivity index (χ1v) is 15.8. The van der Waals surface area contributed by atoms with Crippen molar-refractivity contribution in [1.29, 1.82) is 0 Å². The first-order valence-electron chi connectivity index (χ1n) is 14.9. The molecule has 200 valence electrons. The summed E-state index contributed by atoms with van der Waals surface area (Å²) >= 11 is 3.98. The van der Waals surface area contributed by atoms with Crippen LogP contribution in [0.1, 0.15) is 78.6 Å². The molecular weight excluding hydrogens is 520 g/mol. The summed E-state index contributed by atoms with van der Waals surface area (Å²) in [6.45, 7) is 7.15. The molecule has 0 radical (unpaired) electrons. The molecule has 8 atom stereocenters. The van der Waals surface area contributed by atoms with Gasteiger partial charge >= 0.3 is 0 Å². The average Bonchev–Trinajstić information content (AvgIpc) is 3.29. The lowest BCUT2D eigenvalue weighted by atomic mass is 9.67. The molecule has 4 heteroatoms. The summed E-state index contributed by atoms with van der Waals surface area (Å²) < 4.78 is 0. The quantitative estimate of drug-likeness (QED) is 0.274. The van der Waals surface area contributed by atoms with Gasteiger partial charge in [-0.05, 0) is 85.3 Å². The van der Waals surface area contributed by atoms with Gasteiger partial charge in [-0.15, -0.1) is 0 Å². The summed E-state index contributed by atoms with van der Waals surface area (Å²) in [5, 5.41) is 15.7. The summed E-state index contributed by atoms with van der Waals surface area (Å²) in [5.41, 5.74) is 5.57. The molecular formula is C33H45BrN2O. The van der Waals surface area contributed by atoms with Gasteiger partial charge in [0.25, 0.3) is 0 Å². The van der Waals surface area contributed by atoms with Crippen molar-refractivity contribution in [3.8, 4) is 0 Å². The van der Waals surface area contributed by atoms with Gasteiger partial charge in [-0.25, -0.2) is 0 Å². The molecule has 37 heavy (non-hydrogen) atoms. The molecule has 2 N–H and O–H groups in total. The molecule has 6 rings (SSSR count). The SMILES string of the molecule is CC(C)(C)C1C=CC(N2C3=C(NC2C2=CCC4CCCCC4C2O)C(Br)CC=C3)C(C2=CCCC=C2)C1. The molecule has 0 spiro atoms. The number of fused-ring (bicyclic) bond motifs is 1. The van der Waals surface area contributed by atoms with Gasteiger partial charge in [0.1, 0.15) is 6.17 Å². The molecule has 0 aromatic carbocycles. The second kappa shape index (κ2) is 10.2. The first-order chi connectivity index (χ1) is 17.8. The van der Waals surface area contributed by atoms with Crippen LogP contribution in [0.2, 0.25) is 0 Å². The Morgan fingerprint density at radius 2 is 1.84 bits per heavy atom. The Hall–Kier alpha value is -1.52. The van der Waals surface area contributed by atoms with Gasteiger partial charge in [-0.2, -0.15) is 0 Å². The number of aliphatic hydroxyl groups excluding tert-OH is 1. The van der Waals surface area contributed by atoms with Crippen LogP contribution in [0.4, 0.5) is 0 Å². The van der Waals surface area contributed by atoms with Crippen LogP contribution >= 0.6 is 15.9 Å². The van der Waals surface area contributed by atoms with Crippen molar-refractivity contribution in [1.82, 2.24) is 10.2 Å². The van der Waals surface area contributed by atoms with E-state index in [9.17, 15) is 5.11 Å². The van der Waals surface area contributed by atoms with E-state index in [2.05, 4.69) is 95.5 Å². The van der Waals surface area contributed by atoms with Crippen LogP contribution in [0.3, 0.4) is 0 Å². The zero-order chi connectivity index (χ0) is 25.7. The molecule has 8 unspecified atom stereocenters. The number of alkyl halides is 1. The summed E-state index contributed by atoms with van der Waals surface area (Å²) in [7, 11) is 0. The third-order valence-corrected chi connectivity index (χ3v) is 10.9. The fourth-order valence-electron chi connectivity index (χ4n) is 7.91. The predicted octanol–water partition coefficient (Wildman–Crippen LogP) is 7.53. The summed E-state index contributed by atoms with van der Waals surface area (Å²) in [4.78, 5) is 2.95. The molecule has 1 saturated carbocycles. The number of rotatable bonds is 3. The molecule has 0 aromatic rings. The summed E-state index contributed by atoms with van der Waals surface area (Å²) in [6, 6.07) is 0.261. The number of allylic oxidation sites excluding steroid dienone is 8. The topological polar surface area (TPSA) is 35.5 Å². The molecule has 1 heterocycles. The van der Waals surface area contributed by atoms with Crippen molar-refractivity contribution in [2.24, 2.45) is 29.1 Å². The normalized spacial score (nSPS) is 39.6. The highest BCUT2D eigenvalue weighted by Gasteiger charge is 2.47. The van der Waals surface area contributed by atoms with E-state index in [0.717, 1.165) is 25.7 Å². The molecule has 0 bridgehead atoms. The highest BCUT2D eigenvalue weighted by molar-refractivity contribution is 9.09. The van der Waals surface area contributed by atoms with Crippen molar-refractivity contribution >= 4 is 15.9 Å². The minimum atomic E-state index is -0.347. The van der Waals surface area contributed by atoms with E-state index in [1.165, 1.54) is 54.6 Å². The van der Waals surface area contributed by atoms with Gasteiger partial charge in [-0.1, -0.05) is 92.1 Å². The maximum absolute atomic E-state index is 11.8. The number of hydrogen-bond acceptors (Lipinski definition) is 3. The van der Waals surface area contributed by atoms with E-state index in [-0.39, 0.29) is 23.7 Å². The van der Waals surface area contributed by atoms with Crippen molar-refractivity contribution < 1.29 is 5.11 Å². The molecule has 1 fully saturated rings. The van der Waals surface area contributed by atoms with Crippen LogP contribution < -0.4 is 5.32 Å². The van der Waals surface area contributed by atoms with Gasteiger partial charge in [-0.3, -0.25) is 0 Å². The summed E-state index contributed by atoms with van der Waals surface area (Å²) in [5.74, 6) is 2.06. The average molecular weight is 566 g/mol. The Labute approximate surface area is 232 Å². The van der Waals surface area contributed by atoms with Crippen molar-refractivity contribution in [2.45, 2.75) is 102 Å². The Balaban J connectivity index is 1.41. The Kier molecular flexibility index (Phi) is 7.11. The molecule has 0 aromatic heterocycles. The zero-order valence-corrected chi connectivity index (χ0v) is 24.5. The lowest BCUT2D eigenvalue weighted by Gasteiger charge is -2.47. The highest BCUT2D eigenvalue weighted by atomic mass is 79.9. The van der Waals surface area contributed by atoms with E-state index < -0.39 is 0 Å². The first kappa shape index (κ1) is 25.7. The minimum Gasteiger partial charge on any atom is -0.388 e. The second-order valence-corrected chi connectivity index (χ2v) is 14.4. The lowest BCUT2D eigenvalue weighted by molar-refractivity contribution is 0.0469. The number of halogens is 1. The van der Waals surface area contributed by atoms with Crippen LogP contribution in [-0.2, 0) is 0 Å². The van der Waals surface area contributed by atoms with E-state index >= 15 is 0 Å². The van der Waals surface area contributed by atoms with Gasteiger partial charge in [0.15, 0.2) is 0 Å². The van der Waals surface area contributed by atoms with Crippen LogP contribution in [-0.4, -0.2) is 33.1 Å². The lowest BCUT2D eigenvalue weighted by Crippen LogP contribution is -2.52.